The molecular formula is C21H19N3O4S. The maximum absolute atomic E-state index is 12.8. The van der Waals surface area contributed by atoms with Gasteiger partial charge in [0.05, 0.1) is 41.6 Å². The minimum absolute atomic E-state index is 0.264. The number of carbonyl (C=O) groups is 1. The van der Waals surface area contributed by atoms with Gasteiger partial charge in [0.1, 0.15) is 5.82 Å². The van der Waals surface area contributed by atoms with Crippen molar-refractivity contribution >= 4 is 39.0 Å². The number of aromatic amines is 1. The number of benzene rings is 2. The molecule has 1 amide bonds. The summed E-state index contributed by atoms with van der Waals surface area (Å²) in [6, 6.07) is 12.4. The Labute approximate surface area is 170 Å². The second-order valence-corrected chi connectivity index (χ2v) is 7.51. The quantitative estimate of drug-likeness (QED) is 0.525. The van der Waals surface area contributed by atoms with Gasteiger partial charge in [-0.05, 0) is 36.6 Å². The van der Waals surface area contributed by atoms with Gasteiger partial charge < -0.3 is 19.8 Å². The average molecular weight is 409 g/mol. The Morgan fingerprint density at radius 3 is 2.69 bits per heavy atom. The average Bonchev–Trinajstić information content (AvgIpc) is 3.17. The molecule has 0 aliphatic heterocycles. The van der Waals surface area contributed by atoms with E-state index in [9.17, 15) is 9.59 Å². The Kier molecular flexibility index (Phi) is 4.94. The van der Waals surface area contributed by atoms with Gasteiger partial charge in [-0.25, -0.2) is 4.98 Å². The molecule has 4 rings (SSSR count). The molecule has 0 spiro atoms. The Balaban J connectivity index is 1.65. The third-order valence-electron chi connectivity index (χ3n) is 4.66. The number of ether oxygens (including phenoxy) is 2. The number of nitrogens with zero attached hydrogens (tertiary/aromatic N) is 1. The highest BCUT2D eigenvalue weighted by Crippen LogP contribution is 2.34. The van der Waals surface area contributed by atoms with Gasteiger partial charge in [0.2, 0.25) is 4.74 Å². The van der Waals surface area contributed by atoms with Crippen molar-refractivity contribution in [1.82, 2.24) is 15.3 Å². The first-order valence-corrected chi connectivity index (χ1v) is 9.78. The molecule has 0 unspecified atom stereocenters. The van der Waals surface area contributed by atoms with Gasteiger partial charge >= 0.3 is 0 Å². The molecule has 148 valence electrons. The molecule has 7 nitrogen and oxygen atoms in total. The van der Waals surface area contributed by atoms with Crippen molar-refractivity contribution in [2.24, 2.45) is 0 Å². The van der Waals surface area contributed by atoms with Gasteiger partial charge in [-0.2, -0.15) is 0 Å². The number of para-hydroxylation sites is 2. The minimum atomic E-state index is -0.349. The highest BCUT2D eigenvalue weighted by atomic mass is 32.1. The lowest BCUT2D eigenvalue weighted by Gasteiger charge is -2.13. The summed E-state index contributed by atoms with van der Waals surface area (Å²) in [5.41, 5.74) is 1.74. The van der Waals surface area contributed by atoms with Crippen LogP contribution in [0.1, 0.15) is 28.5 Å². The van der Waals surface area contributed by atoms with Crippen LogP contribution in [0.5, 0.6) is 11.5 Å². The molecule has 0 saturated carbocycles. The van der Waals surface area contributed by atoms with Crippen molar-refractivity contribution in [3.8, 4) is 11.5 Å². The van der Waals surface area contributed by atoms with E-state index in [4.69, 9.17) is 9.47 Å². The SMILES string of the molecule is COc1ccc2cc(C(=O)N[C@@H](C)c3nc4ccccc4[nH]3)sc(=O)c2c1OC. The normalized spacial score (nSPS) is 12.1. The molecule has 2 heterocycles. The number of carbonyl (C=O) groups excluding carboxylic acids is 1. The van der Waals surface area contributed by atoms with Crippen LogP contribution >= 0.6 is 11.3 Å². The van der Waals surface area contributed by atoms with Crippen molar-refractivity contribution in [2.75, 3.05) is 14.2 Å². The van der Waals surface area contributed by atoms with Gasteiger partial charge in [0, 0.05) is 0 Å². The summed E-state index contributed by atoms with van der Waals surface area (Å²) >= 11 is 0.872. The fourth-order valence-electron chi connectivity index (χ4n) is 3.22. The molecule has 1 atom stereocenters. The van der Waals surface area contributed by atoms with Gasteiger partial charge in [-0.1, -0.05) is 29.5 Å². The zero-order chi connectivity index (χ0) is 20.5. The summed E-state index contributed by atoms with van der Waals surface area (Å²) < 4.78 is 10.3. The van der Waals surface area contributed by atoms with Crippen molar-refractivity contribution in [3.05, 3.63) is 62.7 Å². The summed E-state index contributed by atoms with van der Waals surface area (Å²) in [4.78, 5) is 33.5. The van der Waals surface area contributed by atoms with E-state index in [1.54, 1.807) is 18.2 Å². The summed E-state index contributed by atoms with van der Waals surface area (Å²) in [5.74, 6) is 1.16. The van der Waals surface area contributed by atoms with Crippen LogP contribution in [0.2, 0.25) is 0 Å². The molecule has 0 aliphatic rings. The van der Waals surface area contributed by atoms with Crippen LogP contribution in [0.4, 0.5) is 0 Å². The smallest absolute Gasteiger partial charge is 0.262 e. The number of hydrogen-bond donors (Lipinski definition) is 2. The first-order chi connectivity index (χ1) is 14.0. The van der Waals surface area contributed by atoms with Crippen molar-refractivity contribution < 1.29 is 14.3 Å². The number of nitrogens with one attached hydrogen (secondary N) is 2. The first kappa shape index (κ1) is 18.9. The lowest BCUT2D eigenvalue weighted by atomic mass is 10.1. The van der Waals surface area contributed by atoms with Gasteiger partial charge in [-0.3, -0.25) is 9.59 Å². The van der Waals surface area contributed by atoms with Gasteiger partial charge in [0.15, 0.2) is 11.5 Å². The molecule has 0 aliphatic carbocycles. The summed E-state index contributed by atoms with van der Waals surface area (Å²) in [6.45, 7) is 1.84. The Hall–Kier alpha value is -3.39. The van der Waals surface area contributed by atoms with Crippen LogP contribution in [0.3, 0.4) is 0 Å². The Morgan fingerprint density at radius 2 is 1.97 bits per heavy atom. The summed E-state index contributed by atoms with van der Waals surface area (Å²) in [5, 5.41) is 3.92. The van der Waals surface area contributed by atoms with Crippen LogP contribution in [-0.4, -0.2) is 30.1 Å². The molecule has 0 saturated heterocycles. The van der Waals surface area contributed by atoms with Crippen molar-refractivity contribution in [3.63, 3.8) is 0 Å². The number of fused-ring (bicyclic) bond motifs is 2. The Bertz CT molecular complexity index is 1250. The van der Waals surface area contributed by atoms with Crippen LogP contribution in [0.15, 0.2) is 47.3 Å². The molecule has 2 aromatic heterocycles. The second kappa shape index (κ2) is 7.56. The molecule has 0 radical (unpaired) electrons. The second-order valence-electron chi connectivity index (χ2n) is 6.50. The van der Waals surface area contributed by atoms with Crippen LogP contribution in [0, 0.1) is 0 Å². The highest BCUT2D eigenvalue weighted by molar-refractivity contribution is 7.12. The van der Waals surface area contributed by atoms with Gasteiger partial charge in [0.25, 0.3) is 5.91 Å². The Morgan fingerprint density at radius 1 is 1.17 bits per heavy atom. The molecule has 29 heavy (non-hydrogen) atoms. The zero-order valence-corrected chi connectivity index (χ0v) is 16.9. The van der Waals surface area contributed by atoms with Crippen LogP contribution in [-0.2, 0) is 0 Å². The van der Waals surface area contributed by atoms with E-state index in [1.807, 2.05) is 31.2 Å². The van der Waals surface area contributed by atoms with Crippen molar-refractivity contribution in [2.45, 2.75) is 13.0 Å². The highest BCUT2D eigenvalue weighted by Gasteiger charge is 2.19. The van der Waals surface area contributed by atoms with Crippen LogP contribution in [0.25, 0.3) is 21.8 Å². The third kappa shape index (κ3) is 3.42. The number of rotatable bonds is 5. The zero-order valence-electron chi connectivity index (χ0n) is 16.1. The molecule has 0 fully saturated rings. The molecule has 4 aromatic rings. The number of amides is 1. The van der Waals surface area contributed by atoms with E-state index in [0.29, 0.717) is 33.0 Å². The van der Waals surface area contributed by atoms with Gasteiger partial charge in [-0.15, -0.1) is 0 Å². The lowest BCUT2D eigenvalue weighted by Crippen LogP contribution is -2.27. The molecular weight excluding hydrogens is 390 g/mol. The first-order valence-electron chi connectivity index (χ1n) is 8.96. The number of aromatic nitrogens is 2. The maximum Gasteiger partial charge on any atom is 0.262 e. The summed E-state index contributed by atoms with van der Waals surface area (Å²) in [6.07, 6.45) is 0. The fourth-order valence-corrected chi connectivity index (χ4v) is 4.07. The maximum atomic E-state index is 12.8. The monoisotopic (exact) mass is 409 g/mol. The van der Waals surface area contributed by atoms with E-state index in [-0.39, 0.29) is 16.7 Å². The molecule has 8 heteroatoms. The van der Waals surface area contributed by atoms with Crippen LogP contribution < -0.4 is 19.5 Å². The molecule has 2 N–H and O–H groups in total. The molecule has 2 aromatic carbocycles. The fraction of sp³-hybridized carbons (Fsp3) is 0.190. The standard InChI is InChI=1S/C21H19N3O4S/c1-11(19-23-13-6-4-5-7-14(13)24-19)22-20(25)16-10-12-8-9-15(27-2)18(28-3)17(12)21(26)29-16/h4-11H,1-3H3,(H,22,25)(H,23,24)/t11-/m0/s1. The number of H-pyrrole nitrogens is 1. The van der Waals surface area contributed by atoms with E-state index < -0.39 is 0 Å². The van der Waals surface area contributed by atoms with E-state index in [1.165, 1.54) is 14.2 Å². The number of imidazole rings is 1. The lowest BCUT2D eigenvalue weighted by molar-refractivity contribution is 0.0942. The third-order valence-corrected chi connectivity index (χ3v) is 5.57. The number of methoxy groups -OCH3 is 2. The minimum Gasteiger partial charge on any atom is -0.493 e. The molecule has 0 bridgehead atoms. The van der Waals surface area contributed by atoms with Crippen molar-refractivity contribution in [1.29, 1.82) is 0 Å². The largest absolute Gasteiger partial charge is 0.493 e. The predicted molar refractivity (Wildman–Crippen MR) is 113 cm³/mol. The van der Waals surface area contributed by atoms with E-state index in [0.717, 1.165) is 22.4 Å². The van der Waals surface area contributed by atoms with E-state index >= 15 is 0 Å². The predicted octanol–water partition coefficient (Wildman–Crippen LogP) is 3.65. The van der Waals surface area contributed by atoms with E-state index in [2.05, 4.69) is 15.3 Å². The topological polar surface area (TPSA) is 93.3 Å². The summed E-state index contributed by atoms with van der Waals surface area (Å²) in [7, 11) is 3.00. The number of hydrogen-bond acceptors (Lipinski definition) is 6.